The van der Waals surface area contributed by atoms with Gasteiger partial charge in [0.2, 0.25) is 5.91 Å². The number of aromatic amines is 1. The van der Waals surface area contributed by atoms with E-state index in [-0.39, 0.29) is 93.3 Å². The number of likely N-dealkylation sites (tertiary alicyclic amines) is 1. The Morgan fingerprint density at radius 2 is 2.35 bits per heavy atom. The van der Waals surface area contributed by atoms with Crippen LogP contribution in [0.2, 0.25) is 0 Å². The number of nitriles is 1. The maximum atomic E-state index is 12.2. The zero-order chi connectivity index (χ0) is 15.5. The summed E-state index contributed by atoms with van der Waals surface area (Å²) in [6, 6.07) is 9.98. The van der Waals surface area contributed by atoms with E-state index < -0.39 is 0 Å². The number of hydrogen-bond donors (Lipinski definition) is 2. The molecule has 1 aromatic carbocycles. The molecule has 23 heavy (non-hydrogen) atoms. The second-order valence-corrected chi connectivity index (χ2v) is 5.23. The van der Waals surface area contributed by atoms with Gasteiger partial charge >= 0.3 is 68.9 Å². The van der Waals surface area contributed by atoms with Gasteiger partial charge in [0.1, 0.15) is 6.04 Å². The summed E-state index contributed by atoms with van der Waals surface area (Å²) in [5.41, 5.74) is 1.32. The maximum absolute atomic E-state index is 12.2. The first-order chi connectivity index (χ1) is 10.7. The third kappa shape index (κ3) is 4.02. The summed E-state index contributed by atoms with van der Waals surface area (Å²) in [7, 11) is 0. The second kappa shape index (κ2) is 8.37. The van der Waals surface area contributed by atoms with Crippen molar-refractivity contribution in [3.05, 3.63) is 36.0 Å². The summed E-state index contributed by atoms with van der Waals surface area (Å²) in [6.45, 7) is 0.485. The first kappa shape index (κ1) is 18.6. The fraction of sp³-hybridized carbons (Fsp3) is 0.312. The molecule has 0 unspecified atom stereocenters. The number of carbonyl (C=O) groups is 2. The van der Waals surface area contributed by atoms with Crippen molar-refractivity contribution in [1.29, 1.82) is 5.26 Å². The number of nitrogens with one attached hydrogen (secondary N) is 2. The first-order valence-electron chi connectivity index (χ1n) is 7.15. The molecule has 112 valence electrons. The van der Waals surface area contributed by atoms with E-state index in [1.54, 1.807) is 24.4 Å². The molecule has 0 bridgehead atoms. The largest absolute Gasteiger partial charge is 1.00 e. The first-order valence-corrected chi connectivity index (χ1v) is 7.15. The van der Waals surface area contributed by atoms with Gasteiger partial charge in [0, 0.05) is 18.3 Å². The minimum atomic E-state index is -0.368. The molecular formula is C16H15CsN4O2. The predicted octanol–water partition coefficient (Wildman–Crippen LogP) is -1.78. The quantitative estimate of drug-likeness (QED) is 0.567. The van der Waals surface area contributed by atoms with Crippen molar-refractivity contribution >= 4 is 22.7 Å². The summed E-state index contributed by atoms with van der Waals surface area (Å²) < 4.78 is 0. The molecular weight excluding hydrogens is 413 g/mol. The molecule has 1 fully saturated rings. The van der Waals surface area contributed by atoms with Crippen molar-refractivity contribution < 1.29 is 78.5 Å². The monoisotopic (exact) mass is 428 g/mol. The van der Waals surface area contributed by atoms with Gasteiger partial charge in [-0.05, 0) is 12.8 Å². The average molecular weight is 428 g/mol. The van der Waals surface area contributed by atoms with Gasteiger partial charge in [-0.25, -0.2) is 0 Å². The Kier molecular flexibility index (Phi) is 6.76. The molecule has 2 N–H and O–H groups in total. The number of amides is 2. The van der Waals surface area contributed by atoms with Crippen LogP contribution in [0.15, 0.2) is 24.4 Å². The minimum Gasteiger partial charge on any atom is -0.413 e. The molecule has 0 spiro atoms. The van der Waals surface area contributed by atoms with Crippen LogP contribution in [0.1, 0.15) is 23.2 Å². The number of nitrogens with zero attached hydrogens (tertiary/aromatic N) is 2. The molecule has 1 aromatic heterocycles. The number of aromatic nitrogens is 1. The van der Waals surface area contributed by atoms with E-state index in [0.29, 0.717) is 18.5 Å². The summed E-state index contributed by atoms with van der Waals surface area (Å²) in [5.74, 6) is -0.524. The number of carbonyl (C=O) groups excluding carboxylic acids is 2. The van der Waals surface area contributed by atoms with Gasteiger partial charge in [0.05, 0.1) is 12.6 Å². The Labute approximate surface area is 193 Å². The van der Waals surface area contributed by atoms with E-state index in [4.69, 9.17) is 5.26 Å². The third-order valence-corrected chi connectivity index (χ3v) is 3.89. The smallest absolute Gasteiger partial charge is 0.413 e. The van der Waals surface area contributed by atoms with Gasteiger partial charge in [0.15, 0.2) is 0 Å². The molecule has 1 aliphatic rings. The van der Waals surface area contributed by atoms with Gasteiger partial charge in [0.25, 0.3) is 5.91 Å². The van der Waals surface area contributed by atoms with E-state index in [9.17, 15) is 9.59 Å². The summed E-state index contributed by atoms with van der Waals surface area (Å²) >= 11 is 0. The Balaban J connectivity index is 0.00000192. The third-order valence-electron chi connectivity index (χ3n) is 3.89. The molecule has 0 saturated carbocycles. The molecule has 6 nitrogen and oxygen atoms in total. The van der Waals surface area contributed by atoms with Crippen LogP contribution in [0.4, 0.5) is 0 Å². The van der Waals surface area contributed by atoms with Gasteiger partial charge in [-0.1, -0.05) is 10.9 Å². The Hall–Kier alpha value is -0.758. The van der Waals surface area contributed by atoms with E-state index in [0.717, 1.165) is 17.3 Å². The van der Waals surface area contributed by atoms with Crippen molar-refractivity contribution in [2.75, 3.05) is 13.1 Å². The van der Waals surface area contributed by atoms with Crippen molar-refractivity contribution in [2.45, 2.75) is 18.9 Å². The molecule has 0 aliphatic carbocycles. The number of H-pyrrole nitrogens is 1. The van der Waals surface area contributed by atoms with Gasteiger partial charge in [-0.2, -0.15) is 29.5 Å². The van der Waals surface area contributed by atoms with Crippen molar-refractivity contribution in [3.8, 4) is 6.07 Å². The average Bonchev–Trinajstić information content (AvgIpc) is 3.18. The molecule has 1 aliphatic heterocycles. The maximum Gasteiger partial charge on any atom is 1.00 e. The summed E-state index contributed by atoms with van der Waals surface area (Å²) in [5, 5.41) is 12.4. The molecule has 1 atom stereocenters. The molecule has 3 rings (SSSR count). The fourth-order valence-electron chi connectivity index (χ4n) is 2.75. The van der Waals surface area contributed by atoms with Gasteiger partial charge in [-0.3, -0.25) is 9.59 Å². The molecule has 2 heterocycles. The molecule has 2 amide bonds. The predicted molar refractivity (Wildman–Crippen MR) is 79.8 cm³/mol. The summed E-state index contributed by atoms with van der Waals surface area (Å²) in [6.07, 6.45) is 3.15. The minimum absolute atomic E-state index is 0. The van der Waals surface area contributed by atoms with Crippen LogP contribution in [0.5, 0.6) is 0 Å². The second-order valence-electron chi connectivity index (χ2n) is 5.23. The van der Waals surface area contributed by atoms with Crippen LogP contribution < -0.4 is 74.2 Å². The number of hydrogen-bond acceptors (Lipinski definition) is 3. The van der Waals surface area contributed by atoms with Crippen molar-refractivity contribution in [1.82, 2.24) is 15.2 Å². The number of fused-ring (bicyclic) bond motifs is 1. The molecule has 2 aromatic rings. The van der Waals surface area contributed by atoms with Crippen LogP contribution in [0.3, 0.4) is 0 Å². The van der Waals surface area contributed by atoms with Crippen molar-refractivity contribution in [2.24, 2.45) is 0 Å². The Bertz CT molecular complexity index is 765. The number of rotatable bonds is 3. The van der Waals surface area contributed by atoms with E-state index >= 15 is 0 Å². The molecule has 1 saturated heterocycles. The zero-order valence-corrected chi connectivity index (χ0v) is 19.2. The van der Waals surface area contributed by atoms with Crippen LogP contribution in [0.25, 0.3) is 10.9 Å². The topological polar surface area (TPSA) is 89.0 Å². The van der Waals surface area contributed by atoms with E-state index in [2.05, 4.69) is 22.4 Å². The van der Waals surface area contributed by atoms with Gasteiger partial charge < -0.3 is 15.2 Å². The van der Waals surface area contributed by atoms with E-state index in [1.165, 1.54) is 4.90 Å². The van der Waals surface area contributed by atoms with Crippen LogP contribution in [-0.4, -0.2) is 40.8 Å². The molecule has 7 heteroatoms. The normalized spacial score (nSPS) is 16.7. The summed E-state index contributed by atoms with van der Waals surface area (Å²) in [4.78, 5) is 28.8. The van der Waals surface area contributed by atoms with Crippen LogP contribution in [-0.2, 0) is 4.79 Å². The molecule has 0 radical (unpaired) electrons. The van der Waals surface area contributed by atoms with Gasteiger partial charge in [-0.15, -0.1) is 0 Å². The van der Waals surface area contributed by atoms with Crippen LogP contribution >= 0.6 is 0 Å². The van der Waals surface area contributed by atoms with Crippen LogP contribution in [0, 0.1) is 17.4 Å². The van der Waals surface area contributed by atoms with Crippen molar-refractivity contribution in [3.63, 3.8) is 0 Å². The fourth-order valence-corrected chi connectivity index (χ4v) is 2.75. The van der Waals surface area contributed by atoms with E-state index in [1.807, 2.05) is 0 Å². The zero-order valence-electron chi connectivity index (χ0n) is 12.9. The Morgan fingerprint density at radius 3 is 3.13 bits per heavy atom. The standard InChI is InChI=1S/C16H15N4O2.Cs/c17-8-11-4-3-7-20(11)15(21)10-19-16(22)13-9-18-14-6-2-1-5-12(13)14;/h1,5-6,9,11,18H,3-4,7,10H2,(H,19,22);/q-1;+1/t11-;/m0./s1. The Morgan fingerprint density at radius 1 is 1.52 bits per heavy atom. The SMILES string of the molecule is N#C[C@@H]1CCCN1C(=O)CNC(=O)c1c[nH]c2c[c-]ccc12.[Cs+]. The number of benzene rings is 1.